The highest BCUT2D eigenvalue weighted by Gasteiger charge is 2.45. The zero-order valence-electron chi connectivity index (χ0n) is 33.7. The van der Waals surface area contributed by atoms with E-state index in [-0.39, 0.29) is 18.4 Å². The number of aryl methyl sites for hydroxylation is 1. The summed E-state index contributed by atoms with van der Waals surface area (Å²) in [6.07, 6.45) is 5.90. The molecule has 4 aliphatic heterocycles. The van der Waals surface area contributed by atoms with E-state index in [1.165, 1.54) is 0 Å². The maximum atomic E-state index is 13.4. The zero-order chi connectivity index (χ0) is 40.8. The van der Waals surface area contributed by atoms with Crippen LogP contribution in [0.25, 0.3) is 21.9 Å². The fourth-order valence-corrected chi connectivity index (χ4v) is 8.88. The Morgan fingerprint density at radius 1 is 0.793 bits per heavy atom. The lowest BCUT2D eigenvalue weighted by Crippen LogP contribution is -2.54. The van der Waals surface area contributed by atoms with Gasteiger partial charge in [0.25, 0.3) is 17.4 Å². The Morgan fingerprint density at radius 2 is 1.48 bits per heavy atom. The summed E-state index contributed by atoms with van der Waals surface area (Å²) >= 11 is 0. The molecule has 1 unspecified atom stereocenters. The van der Waals surface area contributed by atoms with Gasteiger partial charge in [0.15, 0.2) is 0 Å². The van der Waals surface area contributed by atoms with Gasteiger partial charge in [0.05, 0.1) is 36.3 Å². The van der Waals surface area contributed by atoms with Crippen LogP contribution in [0.3, 0.4) is 0 Å². The number of anilines is 2. The average Bonchev–Trinajstić information content (AvgIpc) is 3.47. The number of carbonyl (C=O) groups is 4. The largest absolute Gasteiger partial charge is 0.496 e. The molecule has 4 amide bonds. The number of carbonyl (C=O) groups excluding carboxylic acids is 4. The van der Waals surface area contributed by atoms with Crippen LogP contribution < -0.4 is 30.1 Å². The monoisotopic (exact) mass is 790 g/mol. The third kappa shape index (κ3) is 7.28. The van der Waals surface area contributed by atoms with Crippen molar-refractivity contribution in [1.82, 2.24) is 29.6 Å². The average molecular weight is 791 g/mol. The second-order valence-corrected chi connectivity index (χ2v) is 16.0. The van der Waals surface area contributed by atoms with Crippen LogP contribution in [-0.4, -0.2) is 128 Å². The van der Waals surface area contributed by atoms with Crippen molar-refractivity contribution < 1.29 is 28.7 Å². The number of pyridine rings is 2. The SMILES string of the molecule is COc1cc(-c2cn(C)c(=O)c3cnc(N(C)C)cc23)cc(OC)c1CN1CCC(CN2CCN(c3ccc4c(c3)C(=O)N(C3CCC(=O)NC3=O)C4=O)CC2)CC1. The molecule has 6 heterocycles. The Morgan fingerprint density at radius 3 is 2.14 bits per heavy atom. The van der Waals surface area contributed by atoms with Crippen molar-refractivity contribution in [3.63, 3.8) is 0 Å². The molecule has 4 aliphatic rings. The molecule has 1 N–H and O–H groups in total. The summed E-state index contributed by atoms with van der Waals surface area (Å²) < 4.78 is 13.6. The number of likely N-dealkylation sites (tertiary alicyclic amines) is 1. The van der Waals surface area contributed by atoms with E-state index in [0.29, 0.717) is 29.0 Å². The highest BCUT2D eigenvalue weighted by molar-refractivity contribution is 6.23. The van der Waals surface area contributed by atoms with Crippen molar-refractivity contribution in [2.24, 2.45) is 13.0 Å². The molecular formula is C43H50N8O7. The minimum absolute atomic E-state index is 0.0915. The van der Waals surface area contributed by atoms with Gasteiger partial charge in [-0.1, -0.05) is 0 Å². The van der Waals surface area contributed by atoms with Crippen LogP contribution >= 0.6 is 0 Å². The van der Waals surface area contributed by atoms with Crippen molar-refractivity contribution in [1.29, 1.82) is 0 Å². The Bertz CT molecular complexity index is 2340. The molecule has 1 atom stereocenters. The van der Waals surface area contributed by atoms with Crippen molar-refractivity contribution in [3.05, 3.63) is 75.8 Å². The molecule has 58 heavy (non-hydrogen) atoms. The van der Waals surface area contributed by atoms with E-state index in [0.717, 1.165) is 109 Å². The Hall–Kier alpha value is -5.80. The molecular weight excluding hydrogens is 741 g/mol. The topological polar surface area (TPSA) is 150 Å². The maximum absolute atomic E-state index is 13.4. The minimum atomic E-state index is -0.974. The summed E-state index contributed by atoms with van der Waals surface area (Å²) in [7, 11) is 8.98. The van der Waals surface area contributed by atoms with Crippen LogP contribution in [0.2, 0.25) is 0 Å². The summed E-state index contributed by atoms with van der Waals surface area (Å²) in [6, 6.07) is 10.4. The van der Waals surface area contributed by atoms with Crippen LogP contribution in [0.5, 0.6) is 11.5 Å². The van der Waals surface area contributed by atoms with E-state index in [4.69, 9.17) is 9.47 Å². The summed E-state index contributed by atoms with van der Waals surface area (Å²) in [6.45, 7) is 7.03. The predicted octanol–water partition coefficient (Wildman–Crippen LogP) is 3.12. The highest BCUT2D eigenvalue weighted by atomic mass is 16.5. The van der Waals surface area contributed by atoms with Gasteiger partial charge in [-0.3, -0.25) is 44.0 Å². The van der Waals surface area contributed by atoms with E-state index in [1.54, 1.807) is 44.2 Å². The third-order valence-electron chi connectivity index (χ3n) is 12.2. The van der Waals surface area contributed by atoms with Gasteiger partial charge in [0.2, 0.25) is 11.8 Å². The van der Waals surface area contributed by atoms with E-state index >= 15 is 0 Å². The number of piperidine rings is 2. The molecule has 15 nitrogen and oxygen atoms in total. The van der Waals surface area contributed by atoms with E-state index < -0.39 is 29.7 Å². The number of piperazine rings is 1. The summed E-state index contributed by atoms with van der Waals surface area (Å²) in [5, 5.41) is 3.62. The Balaban J connectivity index is 0.876. The van der Waals surface area contributed by atoms with Crippen LogP contribution in [0.15, 0.2) is 53.6 Å². The fourth-order valence-electron chi connectivity index (χ4n) is 8.88. The second kappa shape index (κ2) is 15.9. The first-order valence-electron chi connectivity index (χ1n) is 19.9. The van der Waals surface area contributed by atoms with Crippen LogP contribution in [0.1, 0.15) is 52.0 Å². The molecule has 2 aromatic carbocycles. The number of rotatable bonds is 10. The normalized spacial score (nSPS) is 19.5. The van der Waals surface area contributed by atoms with Gasteiger partial charge < -0.3 is 23.8 Å². The first-order chi connectivity index (χ1) is 27.9. The Labute approximate surface area is 337 Å². The van der Waals surface area contributed by atoms with Crippen molar-refractivity contribution in [2.45, 2.75) is 38.3 Å². The van der Waals surface area contributed by atoms with Crippen LogP contribution in [0, 0.1) is 5.92 Å². The number of benzene rings is 2. The fraction of sp³-hybridized carbons (Fsp3) is 0.442. The molecule has 2 aromatic heterocycles. The van der Waals surface area contributed by atoms with Gasteiger partial charge in [-0.25, -0.2) is 4.98 Å². The number of hydrogen-bond acceptors (Lipinski definition) is 12. The first-order valence-corrected chi connectivity index (χ1v) is 19.9. The smallest absolute Gasteiger partial charge is 0.262 e. The van der Waals surface area contributed by atoms with Gasteiger partial charge in [-0.15, -0.1) is 0 Å². The van der Waals surface area contributed by atoms with Gasteiger partial charge in [-0.2, -0.15) is 0 Å². The van der Waals surface area contributed by atoms with E-state index in [9.17, 15) is 24.0 Å². The molecule has 4 aromatic rings. The van der Waals surface area contributed by atoms with Crippen molar-refractivity contribution in [3.8, 4) is 22.6 Å². The summed E-state index contributed by atoms with van der Waals surface area (Å²) in [5.74, 6) is 0.852. The molecule has 15 heteroatoms. The number of methoxy groups -OCH3 is 2. The minimum Gasteiger partial charge on any atom is -0.496 e. The number of amides is 4. The number of hydrogen-bond donors (Lipinski definition) is 1. The number of fused-ring (bicyclic) bond motifs is 2. The first kappa shape index (κ1) is 39.0. The molecule has 0 saturated carbocycles. The quantitative estimate of drug-likeness (QED) is 0.235. The van der Waals surface area contributed by atoms with Gasteiger partial charge >= 0.3 is 0 Å². The predicted molar refractivity (Wildman–Crippen MR) is 220 cm³/mol. The zero-order valence-corrected chi connectivity index (χ0v) is 33.7. The lowest BCUT2D eigenvalue weighted by atomic mass is 9.94. The Kier molecular flexibility index (Phi) is 10.7. The summed E-state index contributed by atoms with van der Waals surface area (Å²) in [4.78, 5) is 78.3. The molecule has 3 saturated heterocycles. The lowest BCUT2D eigenvalue weighted by molar-refractivity contribution is -0.136. The summed E-state index contributed by atoms with van der Waals surface area (Å²) in [5.41, 5.74) is 4.17. The molecule has 3 fully saturated rings. The number of nitrogens with one attached hydrogen (secondary N) is 1. The molecule has 8 rings (SSSR count). The number of aromatic nitrogens is 2. The van der Waals surface area contributed by atoms with E-state index in [1.807, 2.05) is 49.5 Å². The van der Waals surface area contributed by atoms with Crippen molar-refractivity contribution in [2.75, 3.05) is 83.9 Å². The molecule has 304 valence electrons. The number of nitrogens with zero attached hydrogens (tertiary/aromatic N) is 7. The number of ether oxygens (including phenoxy) is 2. The molecule has 0 spiro atoms. The maximum Gasteiger partial charge on any atom is 0.262 e. The van der Waals surface area contributed by atoms with Gasteiger partial charge in [0, 0.05) is 95.9 Å². The lowest BCUT2D eigenvalue weighted by Gasteiger charge is -2.39. The van der Waals surface area contributed by atoms with Crippen LogP contribution in [-0.2, 0) is 23.2 Å². The third-order valence-corrected chi connectivity index (χ3v) is 12.2. The molecule has 0 bridgehead atoms. The molecule has 0 radical (unpaired) electrons. The second-order valence-electron chi connectivity index (χ2n) is 16.0. The standard InChI is InChI=1S/C43H50N8O7/c1-46(2)38-21-30-32(22-44-38)41(54)47(3)24-33(30)27-18-36(57-4)34(37(19-27)58-5)25-48-12-10-26(11-13-48)23-49-14-16-50(17-15-49)28-6-7-29-31(20-28)43(56)51(42(29)55)35-8-9-39(52)45-40(35)53/h6-7,18-22,24,26,35H,8-17,23,25H2,1-5H3,(H,45,52,53). The highest BCUT2D eigenvalue weighted by Crippen LogP contribution is 2.39. The van der Waals surface area contributed by atoms with Gasteiger partial charge in [-0.05, 0) is 80.2 Å². The number of imide groups is 2. The van der Waals surface area contributed by atoms with Crippen molar-refractivity contribution >= 4 is 45.9 Å². The van der Waals surface area contributed by atoms with E-state index in [2.05, 4.69) is 25.0 Å². The van der Waals surface area contributed by atoms with Gasteiger partial charge in [0.1, 0.15) is 23.4 Å². The molecule has 0 aliphatic carbocycles. The van der Waals surface area contributed by atoms with Crippen LogP contribution in [0.4, 0.5) is 11.5 Å².